The Morgan fingerprint density at radius 1 is 1.06 bits per heavy atom. The maximum absolute atomic E-state index is 2.32. The fraction of sp³-hybridized carbons (Fsp3) is 0.571. The lowest BCUT2D eigenvalue weighted by atomic mass is 10.1. The molecule has 2 heteroatoms. The molecule has 0 radical (unpaired) electrons. The highest BCUT2D eigenvalue weighted by Gasteiger charge is 2.17. The van der Waals surface area contributed by atoms with Crippen molar-refractivity contribution >= 4 is 0 Å². The van der Waals surface area contributed by atoms with E-state index in [1.54, 1.807) is 9.80 Å². The number of rotatable bonds is 2. The minimum atomic E-state index is 1.21. The number of hydrogen-bond donors (Lipinski definition) is 2. The highest BCUT2D eigenvalue weighted by molar-refractivity contribution is 5.24. The van der Waals surface area contributed by atoms with Crippen LogP contribution in [0.1, 0.15) is 17.5 Å². The van der Waals surface area contributed by atoms with Crippen LogP contribution in [0.25, 0.3) is 0 Å². The number of nitrogens with one attached hydrogen (secondary N) is 2. The predicted molar refractivity (Wildman–Crippen MR) is 66.8 cm³/mol. The fourth-order valence-corrected chi connectivity index (χ4v) is 2.53. The lowest BCUT2D eigenvalue weighted by Crippen LogP contribution is -3.15. The molecule has 0 amide bonds. The summed E-state index contributed by atoms with van der Waals surface area (Å²) in [5.74, 6) is 0. The normalized spacial score (nSPS) is 26.4. The Morgan fingerprint density at radius 3 is 2.69 bits per heavy atom. The SMILES string of the molecule is Cc1ccccc1C[NH+]1CCC[NH+](C)CC1. The summed E-state index contributed by atoms with van der Waals surface area (Å²) in [6.07, 6.45) is 1.37. The summed E-state index contributed by atoms with van der Waals surface area (Å²) >= 11 is 0. The third-order valence-electron chi connectivity index (χ3n) is 3.74. The molecule has 0 spiro atoms. The Labute approximate surface area is 98.9 Å². The number of aryl methyl sites for hydroxylation is 1. The Kier molecular flexibility index (Phi) is 3.97. The van der Waals surface area contributed by atoms with Crippen molar-refractivity contribution in [1.29, 1.82) is 0 Å². The van der Waals surface area contributed by atoms with Crippen LogP contribution in [0.4, 0.5) is 0 Å². The van der Waals surface area contributed by atoms with Gasteiger partial charge in [0.1, 0.15) is 19.6 Å². The van der Waals surface area contributed by atoms with Gasteiger partial charge in [0.25, 0.3) is 0 Å². The van der Waals surface area contributed by atoms with E-state index in [1.165, 1.54) is 50.3 Å². The second-order valence-electron chi connectivity index (χ2n) is 5.16. The molecule has 2 nitrogen and oxygen atoms in total. The van der Waals surface area contributed by atoms with Gasteiger partial charge < -0.3 is 9.80 Å². The van der Waals surface area contributed by atoms with Gasteiger partial charge in [-0.15, -0.1) is 0 Å². The molecule has 0 aromatic heterocycles. The molecule has 1 heterocycles. The first-order chi connectivity index (χ1) is 7.75. The van der Waals surface area contributed by atoms with E-state index in [9.17, 15) is 0 Å². The van der Waals surface area contributed by atoms with Crippen molar-refractivity contribution in [3.63, 3.8) is 0 Å². The van der Waals surface area contributed by atoms with Gasteiger partial charge in [-0.2, -0.15) is 0 Å². The van der Waals surface area contributed by atoms with Crippen LogP contribution in [0.15, 0.2) is 24.3 Å². The summed E-state index contributed by atoms with van der Waals surface area (Å²) in [5, 5.41) is 0. The van der Waals surface area contributed by atoms with Crippen molar-refractivity contribution in [3.05, 3.63) is 35.4 Å². The van der Waals surface area contributed by atoms with Crippen molar-refractivity contribution < 1.29 is 9.80 Å². The van der Waals surface area contributed by atoms with Gasteiger partial charge in [-0.05, 0) is 12.5 Å². The van der Waals surface area contributed by atoms with Gasteiger partial charge in [0, 0.05) is 12.0 Å². The monoisotopic (exact) mass is 220 g/mol. The topological polar surface area (TPSA) is 8.88 Å². The molecule has 0 aliphatic carbocycles. The summed E-state index contributed by atoms with van der Waals surface area (Å²) in [7, 11) is 2.32. The zero-order chi connectivity index (χ0) is 11.4. The lowest BCUT2D eigenvalue weighted by molar-refractivity contribution is -0.938. The van der Waals surface area contributed by atoms with Gasteiger partial charge in [-0.25, -0.2) is 0 Å². The van der Waals surface area contributed by atoms with E-state index in [1.807, 2.05) is 0 Å². The minimum Gasteiger partial charge on any atom is -0.333 e. The van der Waals surface area contributed by atoms with Crippen molar-refractivity contribution in [1.82, 2.24) is 0 Å². The molecule has 1 saturated heterocycles. The smallest absolute Gasteiger partial charge is 0.127 e. The Hall–Kier alpha value is -0.860. The van der Waals surface area contributed by atoms with Crippen LogP contribution in [-0.2, 0) is 6.54 Å². The maximum atomic E-state index is 2.32. The summed E-state index contributed by atoms with van der Waals surface area (Å²) in [6.45, 7) is 8.76. The maximum Gasteiger partial charge on any atom is 0.127 e. The highest BCUT2D eigenvalue weighted by atomic mass is 15.2. The molecule has 88 valence electrons. The molecular formula is C14H24N2+2. The third-order valence-corrected chi connectivity index (χ3v) is 3.74. The summed E-state index contributed by atoms with van der Waals surface area (Å²) in [4.78, 5) is 3.45. The van der Waals surface area contributed by atoms with E-state index in [-0.39, 0.29) is 0 Å². The molecular weight excluding hydrogens is 196 g/mol. The van der Waals surface area contributed by atoms with Gasteiger partial charge in [-0.1, -0.05) is 24.3 Å². The second-order valence-corrected chi connectivity index (χ2v) is 5.16. The Bertz CT molecular complexity index is 335. The summed E-state index contributed by atoms with van der Waals surface area (Å²) in [5.41, 5.74) is 2.97. The molecule has 2 atom stereocenters. The van der Waals surface area contributed by atoms with Crippen LogP contribution in [-0.4, -0.2) is 33.2 Å². The largest absolute Gasteiger partial charge is 0.333 e. The average Bonchev–Trinajstić information content (AvgIpc) is 2.47. The van der Waals surface area contributed by atoms with Crippen molar-refractivity contribution in [2.75, 3.05) is 33.2 Å². The van der Waals surface area contributed by atoms with Gasteiger partial charge in [0.15, 0.2) is 0 Å². The highest BCUT2D eigenvalue weighted by Crippen LogP contribution is 2.04. The average molecular weight is 220 g/mol. The minimum absolute atomic E-state index is 1.21. The first-order valence-corrected chi connectivity index (χ1v) is 6.45. The van der Waals surface area contributed by atoms with Crippen molar-refractivity contribution in [2.24, 2.45) is 0 Å². The van der Waals surface area contributed by atoms with Gasteiger partial charge in [0.2, 0.25) is 0 Å². The first-order valence-electron chi connectivity index (χ1n) is 6.45. The molecule has 1 fully saturated rings. The molecule has 2 rings (SSSR count). The zero-order valence-corrected chi connectivity index (χ0v) is 10.6. The van der Waals surface area contributed by atoms with E-state index >= 15 is 0 Å². The molecule has 1 aromatic rings. The molecule has 16 heavy (non-hydrogen) atoms. The predicted octanol–water partition coefficient (Wildman–Crippen LogP) is -0.702. The Balaban J connectivity index is 1.96. The van der Waals surface area contributed by atoms with Crippen molar-refractivity contribution in [2.45, 2.75) is 19.9 Å². The van der Waals surface area contributed by atoms with Crippen LogP contribution < -0.4 is 9.80 Å². The molecule has 0 saturated carbocycles. The quantitative estimate of drug-likeness (QED) is 0.652. The molecule has 1 aliphatic heterocycles. The lowest BCUT2D eigenvalue weighted by Gasteiger charge is -2.17. The standard InChI is InChI=1S/C14H22N2/c1-13-6-3-4-7-14(13)12-16-9-5-8-15(2)10-11-16/h3-4,6-7H,5,8-12H2,1-2H3/p+2. The van der Waals surface area contributed by atoms with E-state index in [0.29, 0.717) is 0 Å². The second kappa shape index (κ2) is 5.46. The van der Waals surface area contributed by atoms with Crippen LogP contribution in [0.5, 0.6) is 0 Å². The third kappa shape index (κ3) is 3.06. The fourth-order valence-electron chi connectivity index (χ4n) is 2.53. The van der Waals surface area contributed by atoms with Gasteiger partial charge >= 0.3 is 0 Å². The van der Waals surface area contributed by atoms with Crippen LogP contribution >= 0.6 is 0 Å². The number of quaternary nitrogens is 2. The van der Waals surface area contributed by atoms with Crippen molar-refractivity contribution in [3.8, 4) is 0 Å². The van der Waals surface area contributed by atoms with E-state index < -0.39 is 0 Å². The van der Waals surface area contributed by atoms with Gasteiger partial charge in [0.05, 0.1) is 20.1 Å². The molecule has 2 N–H and O–H groups in total. The van der Waals surface area contributed by atoms with Crippen LogP contribution in [0.2, 0.25) is 0 Å². The van der Waals surface area contributed by atoms with Gasteiger partial charge in [-0.3, -0.25) is 0 Å². The van der Waals surface area contributed by atoms with E-state index in [0.717, 1.165) is 0 Å². The Morgan fingerprint density at radius 2 is 1.88 bits per heavy atom. The summed E-state index contributed by atoms with van der Waals surface area (Å²) < 4.78 is 0. The molecule has 1 aliphatic rings. The van der Waals surface area contributed by atoms with Crippen LogP contribution in [0.3, 0.4) is 0 Å². The number of benzene rings is 1. The molecule has 1 aromatic carbocycles. The number of likely N-dealkylation sites (N-methyl/N-ethyl adjacent to an activating group) is 1. The molecule has 2 unspecified atom stereocenters. The van der Waals surface area contributed by atoms with E-state index in [2.05, 4.69) is 38.2 Å². The number of hydrogen-bond acceptors (Lipinski definition) is 0. The first kappa shape index (κ1) is 11.6. The van der Waals surface area contributed by atoms with Crippen LogP contribution in [0, 0.1) is 6.92 Å². The summed E-state index contributed by atoms with van der Waals surface area (Å²) in [6, 6.07) is 8.80. The molecule has 0 bridgehead atoms. The van der Waals surface area contributed by atoms with E-state index in [4.69, 9.17) is 0 Å². The zero-order valence-electron chi connectivity index (χ0n) is 10.6.